The molecule has 0 saturated heterocycles. The van der Waals surface area contributed by atoms with Gasteiger partial charge in [-0.25, -0.2) is 0 Å². The van der Waals surface area contributed by atoms with E-state index in [1.54, 1.807) is 11.2 Å². The Morgan fingerprint density at radius 3 is 3.36 bits per heavy atom. The second-order valence-electron chi connectivity index (χ2n) is 3.41. The maximum Gasteiger partial charge on any atom is 0.389 e. The molecule has 2 rings (SSSR count). The van der Waals surface area contributed by atoms with Crippen molar-refractivity contribution in [1.29, 1.82) is 0 Å². The van der Waals surface area contributed by atoms with E-state index >= 15 is 0 Å². The first-order chi connectivity index (χ1) is 5.40. The van der Waals surface area contributed by atoms with Gasteiger partial charge in [0.05, 0.1) is 5.70 Å². The van der Waals surface area contributed by atoms with Crippen molar-refractivity contribution in [3.8, 4) is 0 Å². The monoisotopic (exact) mass is 143 g/mol. The second kappa shape index (κ2) is 3.10. The van der Waals surface area contributed by atoms with Gasteiger partial charge < -0.3 is 5.23 Å². The minimum atomic E-state index is 0.838. The molecule has 0 bridgehead atoms. The lowest BCUT2D eigenvalue weighted by molar-refractivity contribution is -0.454. The molecule has 0 spiro atoms. The lowest BCUT2D eigenvalue weighted by Crippen LogP contribution is -2.83. The largest absolute Gasteiger partial charge is 0.396 e. The molecule has 0 amide bonds. The Labute approximate surface area is 70.7 Å². The molecule has 0 aromatic heterocycles. The van der Waals surface area contributed by atoms with E-state index in [9.17, 15) is 0 Å². The molecule has 1 atom stereocenters. The number of hydrogen-bond donors (Lipinski definition) is 1. The molecular formula is C7H12B3N+. The van der Waals surface area contributed by atoms with Crippen molar-refractivity contribution in [3.63, 3.8) is 0 Å². The summed E-state index contributed by atoms with van der Waals surface area (Å²) in [6.45, 7) is 2.18. The van der Waals surface area contributed by atoms with Crippen LogP contribution in [0.15, 0.2) is 11.2 Å². The van der Waals surface area contributed by atoms with Gasteiger partial charge in [-0.2, -0.15) is 0 Å². The van der Waals surface area contributed by atoms with Gasteiger partial charge in [-0.15, -0.1) is 0 Å². The fourth-order valence-electron chi connectivity index (χ4n) is 1.95. The topological polar surface area (TPSA) is 16.6 Å². The van der Waals surface area contributed by atoms with E-state index < -0.39 is 0 Å². The first-order valence-corrected chi connectivity index (χ1v) is 4.43. The molecule has 2 N–H and O–H groups in total. The SMILES string of the molecule is C[B]C1CCC2=C([B][B][NH2+]2)C1. The van der Waals surface area contributed by atoms with Crippen molar-refractivity contribution in [3.05, 3.63) is 11.2 Å². The number of quaternary nitrogens is 1. The molecule has 1 unspecified atom stereocenters. The number of rotatable bonds is 1. The van der Waals surface area contributed by atoms with Crippen molar-refractivity contribution in [2.45, 2.75) is 31.9 Å². The molecule has 11 heavy (non-hydrogen) atoms. The summed E-state index contributed by atoms with van der Waals surface area (Å²) in [4.78, 5) is 0. The summed E-state index contributed by atoms with van der Waals surface area (Å²) in [6, 6.07) is 0. The van der Waals surface area contributed by atoms with Gasteiger partial charge in [0.2, 0.25) is 7.17 Å². The van der Waals surface area contributed by atoms with Crippen molar-refractivity contribution < 1.29 is 5.23 Å². The lowest BCUT2D eigenvalue weighted by atomic mass is 9.43. The van der Waals surface area contributed by atoms with Crippen LogP contribution < -0.4 is 5.23 Å². The van der Waals surface area contributed by atoms with Crippen molar-refractivity contribution in [1.82, 2.24) is 0 Å². The summed E-state index contributed by atoms with van der Waals surface area (Å²) < 4.78 is 0. The van der Waals surface area contributed by atoms with Crippen LogP contribution in [0.4, 0.5) is 0 Å². The van der Waals surface area contributed by atoms with Crippen molar-refractivity contribution in [2.75, 3.05) is 0 Å². The Balaban J connectivity index is 2.05. The van der Waals surface area contributed by atoms with E-state index in [1.807, 2.05) is 0 Å². The molecule has 4 heteroatoms. The first-order valence-electron chi connectivity index (χ1n) is 4.43. The van der Waals surface area contributed by atoms with Crippen molar-refractivity contribution in [2.24, 2.45) is 0 Å². The quantitative estimate of drug-likeness (QED) is 0.486. The molecule has 0 aromatic carbocycles. The van der Waals surface area contributed by atoms with Crippen LogP contribution in [0.2, 0.25) is 12.6 Å². The Bertz CT molecular complexity index is 190. The predicted molar refractivity (Wildman–Crippen MR) is 49.7 cm³/mol. The highest BCUT2D eigenvalue weighted by atomic mass is 14.8. The van der Waals surface area contributed by atoms with Gasteiger partial charge in [0.25, 0.3) is 0 Å². The molecule has 2 aliphatic rings. The Morgan fingerprint density at radius 2 is 2.55 bits per heavy atom. The molecule has 0 fully saturated rings. The molecule has 1 nitrogen and oxygen atoms in total. The second-order valence-corrected chi connectivity index (χ2v) is 3.41. The maximum absolute atomic E-state index is 2.34. The van der Waals surface area contributed by atoms with Gasteiger partial charge in [0, 0.05) is 6.42 Å². The minimum absolute atomic E-state index is 0.838. The number of nitrogens with two attached hydrogens (primary N) is 1. The average molecular weight is 143 g/mol. The minimum Gasteiger partial charge on any atom is -0.396 e. The molecule has 3 radical (unpaired) electrons. The highest BCUT2D eigenvalue weighted by Crippen LogP contribution is 2.30. The lowest BCUT2D eigenvalue weighted by Gasteiger charge is -2.20. The molecule has 1 heterocycles. The highest BCUT2D eigenvalue weighted by molar-refractivity contribution is 7.01. The summed E-state index contributed by atoms with van der Waals surface area (Å²) in [6.07, 6.45) is 3.92. The van der Waals surface area contributed by atoms with E-state index in [-0.39, 0.29) is 0 Å². The zero-order valence-corrected chi connectivity index (χ0v) is 7.01. The third-order valence-corrected chi connectivity index (χ3v) is 2.75. The fraction of sp³-hybridized carbons (Fsp3) is 0.714. The molecule has 53 valence electrons. The van der Waals surface area contributed by atoms with Crippen LogP contribution in [0.3, 0.4) is 0 Å². The molecular weight excluding hydrogens is 131 g/mol. The van der Waals surface area contributed by atoms with Crippen LogP contribution in [0, 0.1) is 0 Å². The third-order valence-electron chi connectivity index (χ3n) is 2.75. The molecule has 0 saturated carbocycles. The summed E-state index contributed by atoms with van der Waals surface area (Å²) in [5.74, 6) is 0.838. The van der Waals surface area contributed by atoms with Crippen LogP contribution in [0.1, 0.15) is 19.3 Å². The molecule has 0 aromatic rings. The van der Waals surface area contributed by atoms with Gasteiger partial charge >= 0.3 is 7.31 Å². The summed E-state index contributed by atoms with van der Waals surface area (Å²) in [7, 11) is 6.80. The Morgan fingerprint density at radius 1 is 1.64 bits per heavy atom. The Kier molecular flexibility index (Phi) is 2.12. The van der Waals surface area contributed by atoms with E-state index in [1.165, 1.54) is 19.3 Å². The van der Waals surface area contributed by atoms with E-state index in [2.05, 4.69) is 33.8 Å². The number of allylic oxidation sites excluding steroid dienone is 2. The van der Waals surface area contributed by atoms with Crippen molar-refractivity contribution >= 4 is 21.8 Å². The molecule has 1 aliphatic heterocycles. The zero-order chi connectivity index (χ0) is 7.68. The van der Waals surface area contributed by atoms with Gasteiger partial charge in [0.1, 0.15) is 7.28 Å². The highest BCUT2D eigenvalue weighted by Gasteiger charge is 2.28. The van der Waals surface area contributed by atoms with Gasteiger partial charge in [0.15, 0.2) is 0 Å². The van der Waals surface area contributed by atoms with E-state index in [4.69, 9.17) is 0 Å². The van der Waals surface area contributed by atoms with Crippen LogP contribution in [-0.4, -0.2) is 21.8 Å². The maximum atomic E-state index is 2.34. The average Bonchev–Trinajstić information content (AvgIpc) is 2.50. The van der Waals surface area contributed by atoms with Crippen LogP contribution in [0.5, 0.6) is 0 Å². The fourth-order valence-corrected chi connectivity index (χ4v) is 1.95. The first kappa shape index (κ1) is 7.54. The van der Waals surface area contributed by atoms with Crippen LogP contribution in [0.25, 0.3) is 0 Å². The summed E-state index contributed by atoms with van der Waals surface area (Å²) in [5, 5.41) is 2.27. The standard InChI is InChI=1S/C7H12B3N/c1-8-5-2-3-7-6(4-5)9-10-11-7/h5H,2-4,11H2,1H3/q+1. The van der Waals surface area contributed by atoms with Crippen LogP contribution >= 0.6 is 0 Å². The zero-order valence-electron chi connectivity index (χ0n) is 7.01. The normalized spacial score (nSPS) is 29.0. The van der Waals surface area contributed by atoms with E-state index in [0.29, 0.717) is 0 Å². The van der Waals surface area contributed by atoms with Gasteiger partial charge in [-0.1, -0.05) is 18.1 Å². The Hall–Kier alpha value is -0.105. The van der Waals surface area contributed by atoms with Crippen LogP contribution in [-0.2, 0) is 0 Å². The summed E-state index contributed by atoms with van der Waals surface area (Å²) in [5.41, 5.74) is 3.17. The summed E-state index contributed by atoms with van der Waals surface area (Å²) >= 11 is 0. The predicted octanol–water partition coefficient (Wildman–Crippen LogP) is -0.262. The van der Waals surface area contributed by atoms with E-state index in [0.717, 1.165) is 5.82 Å². The number of hydrogen-bond acceptors (Lipinski definition) is 0. The smallest absolute Gasteiger partial charge is 0.389 e. The molecule has 1 aliphatic carbocycles. The third kappa shape index (κ3) is 1.41. The van der Waals surface area contributed by atoms with Gasteiger partial charge in [-0.05, 0) is 12.8 Å². The van der Waals surface area contributed by atoms with Gasteiger partial charge in [-0.3, -0.25) is 0 Å².